The molecule has 0 atom stereocenters. The van der Waals surface area contributed by atoms with E-state index in [1.54, 1.807) is 20.3 Å². The van der Waals surface area contributed by atoms with Crippen molar-refractivity contribution in [3.63, 3.8) is 0 Å². The van der Waals surface area contributed by atoms with E-state index in [0.29, 0.717) is 17.3 Å². The van der Waals surface area contributed by atoms with Crippen molar-refractivity contribution >= 4 is 49.1 Å². The fraction of sp³-hybridized carbons (Fsp3) is 0.200. The van der Waals surface area contributed by atoms with Gasteiger partial charge in [0.1, 0.15) is 11.5 Å². The van der Waals surface area contributed by atoms with E-state index >= 15 is 0 Å². The molecule has 0 aliphatic carbocycles. The van der Waals surface area contributed by atoms with Gasteiger partial charge >= 0.3 is 0 Å². The molecule has 0 bridgehead atoms. The Hall–Kier alpha value is -0.910. The summed E-state index contributed by atoms with van der Waals surface area (Å²) >= 11 is 13.0. The lowest BCUT2D eigenvalue weighted by atomic mass is 10.2. The highest BCUT2D eigenvalue weighted by Gasteiger charge is 2.09. The topological polar surface area (TPSA) is 30.5 Å². The zero-order valence-electron chi connectivity index (χ0n) is 11.5. The van der Waals surface area contributed by atoms with Crippen LogP contribution in [0.5, 0.6) is 11.5 Å². The van der Waals surface area contributed by atoms with Gasteiger partial charge in [-0.05, 0) is 40.2 Å². The lowest BCUT2D eigenvalue weighted by molar-refractivity contribution is 0.407. The fourth-order valence-corrected chi connectivity index (χ4v) is 3.61. The molecule has 0 amide bonds. The van der Waals surface area contributed by atoms with Crippen molar-refractivity contribution in [2.24, 2.45) is 0 Å². The minimum Gasteiger partial charge on any atom is -0.495 e. The molecule has 0 saturated heterocycles. The van der Waals surface area contributed by atoms with Crippen LogP contribution in [-0.4, -0.2) is 14.2 Å². The summed E-state index contributed by atoms with van der Waals surface area (Å²) in [4.78, 5) is 0. The number of anilines is 1. The number of methoxy groups -OCH3 is 2. The molecule has 0 aliphatic rings. The Morgan fingerprint density at radius 3 is 2.52 bits per heavy atom. The van der Waals surface area contributed by atoms with Crippen molar-refractivity contribution in [2.45, 2.75) is 6.54 Å². The lowest BCUT2D eigenvalue weighted by Crippen LogP contribution is -2.02. The van der Waals surface area contributed by atoms with E-state index in [2.05, 4.69) is 37.2 Å². The molecule has 0 saturated carbocycles. The average Bonchev–Trinajstić information content (AvgIpc) is 2.46. The predicted octanol–water partition coefficient (Wildman–Crippen LogP) is 5.49. The van der Waals surface area contributed by atoms with E-state index in [1.165, 1.54) is 0 Å². The smallest absolute Gasteiger partial charge is 0.139 e. The van der Waals surface area contributed by atoms with Gasteiger partial charge in [-0.2, -0.15) is 0 Å². The van der Waals surface area contributed by atoms with E-state index in [4.69, 9.17) is 21.1 Å². The first-order valence-electron chi connectivity index (χ1n) is 6.14. The van der Waals surface area contributed by atoms with Gasteiger partial charge in [-0.25, -0.2) is 0 Å². The molecule has 3 nitrogen and oxygen atoms in total. The molecular weight excluding hydrogens is 421 g/mol. The molecule has 2 aromatic rings. The normalized spacial score (nSPS) is 10.3. The van der Waals surface area contributed by atoms with Gasteiger partial charge in [-0.15, -0.1) is 0 Å². The molecule has 0 aromatic heterocycles. The molecular formula is C15H14Br2ClNO2. The van der Waals surface area contributed by atoms with E-state index < -0.39 is 0 Å². The molecule has 0 radical (unpaired) electrons. The zero-order chi connectivity index (χ0) is 15.4. The maximum atomic E-state index is 6.02. The van der Waals surface area contributed by atoms with Gasteiger partial charge in [0.2, 0.25) is 0 Å². The first kappa shape index (κ1) is 16.5. The number of hydrogen-bond acceptors (Lipinski definition) is 3. The Balaban J connectivity index is 2.20. The largest absolute Gasteiger partial charge is 0.495 e. The molecule has 0 aliphatic heterocycles. The van der Waals surface area contributed by atoms with Crippen molar-refractivity contribution in [2.75, 3.05) is 19.5 Å². The third-order valence-corrected chi connectivity index (χ3v) is 4.28. The molecule has 0 spiro atoms. The second kappa shape index (κ2) is 7.38. The van der Waals surface area contributed by atoms with Crippen LogP contribution in [0.2, 0.25) is 5.02 Å². The van der Waals surface area contributed by atoms with Crippen LogP contribution in [0.25, 0.3) is 0 Å². The average molecular weight is 436 g/mol. The van der Waals surface area contributed by atoms with Crippen LogP contribution in [0.3, 0.4) is 0 Å². The van der Waals surface area contributed by atoms with Crippen molar-refractivity contribution < 1.29 is 9.47 Å². The lowest BCUT2D eigenvalue weighted by Gasteiger charge is -2.14. The van der Waals surface area contributed by atoms with Gasteiger partial charge in [-0.3, -0.25) is 0 Å². The number of rotatable bonds is 5. The van der Waals surface area contributed by atoms with Gasteiger partial charge in [0.25, 0.3) is 0 Å². The van der Waals surface area contributed by atoms with Gasteiger partial charge in [0.05, 0.1) is 23.7 Å². The van der Waals surface area contributed by atoms with E-state index in [1.807, 2.05) is 24.3 Å². The summed E-state index contributed by atoms with van der Waals surface area (Å²) in [5, 5.41) is 3.92. The second-order valence-corrected chi connectivity index (χ2v) is 6.46. The molecule has 112 valence electrons. The quantitative estimate of drug-likeness (QED) is 0.673. The molecule has 0 unspecified atom stereocenters. The highest BCUT2D eigenvalue weighted by molar-refractivity contribution is 9.11. The van der Waals surface area contributed by atoms with Gasteiger partial charge in [0, 0.05) is 28.3 Å². The van der Waals surface area contributed by atoms with Crippen LogP contribution in [0.1, 0.15) is 5.56 Å². The zero-order valence-corrected chi connectivity index (χ0v) is 15.5. The Bertz CT molecular complexity index is 650. The fourth-order valence-electron chi connectivity index (χ4n) is 1.94. The SMILES string of the molecule is COc1cc(NCc2cc(Br)cc(Br)c2OC)ccc1Cl. The summed E-state index contributed by atoms with van der Waals surface area (Å²) < 4.78 is 12.5. The second-order valence-electron chi connectivity index (χ2n) is 4.28. The molecule has 0 heterocycles. The Morgan fingerprint density at radius 1 is 1.10 bits per heavy atom. The molecule has 1 N–H and O–H groups in total. The Labute approximate surface area is 145 Å². The maximum Gasteiger partial charge on any atom is 0.139 e. The van der Waals surface area contributed by atoms with Crippen LogP contribution in [0.4, 0.5) is 5.69 Å². The summed E-state index contributed by atoms with van der Waals surface area (Å²) in [6.45, 7) is 0.617. The van der Waals surface area contributed by atoms with Gasteiger partial charge < -0.3 is 14.8 Å². The standard InChI is InChI=1S/C15H14Br2ClNO2/c1-20-14-7-11(3-4-13(14)18)19-8-9-5-10(16)6-12(17)15(9)21-2/h3-7,19H,8H2,1-2H3. The summed E-state index contributed by atoms with van der Waals surface area (Å²) in [5.74, 6) is 1.45. The van der Waals surface area contributed by atoms with Crippen LogP contribution >= 0.6 is 43.5 Å². The van der Waals surface area contributed by atoms with Crippen LogP contribution in [0, 0.1) is 0 Å². The van der Waals surface area contributed by atoms with Crippen molar-refractivity contribution in [1.82, 2.24) is 0 Å². The number of nitrogens with one attached hydrogen (secondary N) is 1. The van der Waals surface area contributed by atoms with Crippen LogP contribution in [0.15, 0.2) is 39.3 Å². The number of benzene rings is 2. The third kappa shape index (κ3) is 4.05. The highest BCUT2D eigenvalue weighted by atomic mass is 79.9. The predicted molar refractivity (Wildman–Crippen MR) is 93.7 cm³/mol. The Morgan fingerprint density at radius 2 is 1.86 bits per heavy atom. The number of halogens is 3. The number of ether oxygens (including phenoxy) is 2. The van der Waals surface area contributed by atoms with Crippen LogP contribution < -0.4 is 14.8 Å². The molecule has 0 fully saturated rings. The maximum absolute atomic E-state index is 6.02. The molecule has 6 heteroatoms. The van der Waals surface area contributed by atoms with Crippen molar-refractivity contribution in [1.29, 1.82) is 0 Å². The minimum atomic E-state index is 0.589. The van der Waals surface area contributed by atoms with E-state index in [0.717, 1.165) is 25.9 Å². The summed E-state index contributed by atoms with van der Waals surface area (Å²) in [7, 11) is 3.25. The number of hydrogen-bond donors (Lipinski definition) is 1. The third-order valence-electron chi connectivity index (χ3n) is 2.92. The summed E-state index contributed by atoms with van der Waals surface area (Å²) in [5.41, 5.74) is 1.96. The monoisotopic (exact) mass is 433 g/mol. The van der Waals surface area contributed by atoms with Gasteiger partial charge in [0.15, 0.2) is 0 Å². The Kier molecular flexibility index (Phi) is 5.79. The van der Waals surface area contributed by atoms with Crippen molar-refractivity contribution in [3.8, 4) is 11.5 Å². The van der Waals surface area contributed by atoms with Crippen molar-refractivity contribution in [3.05, 3.63) is 49.9 Å². The van der Waals surface area contributed by atoms with E-state index in [9.17, 15) is 0 Å². The highest BCUT2D eigenvalue weighted by Crippen LogP contribution is 2.33. The first-order valence-corrected chi connectivity index (χ1v) is 8.11. The molecule has 21 heavy (non-hydrogen) atoms. The minimum absolute atomic E-state index is 0.589. The molecule has 2 rings (SSSR count). The first-order chi connectivity index (χ1) is 10.0. The van der Waals surface area contributed by atoms with Crippen LogP contribution in [-0.2, 0) is 6.54 Å². The van der Waals surface area contributed by atoms with Gasteiger partial charge in [-0.1, -0.05) is 27.5 Å². The summed E-state index contributed by atoms with van der Waals surface area (Å²) in [6, 6.07) is 9.54. The summed E-state index contributed by atoms with van der Waals surface area (Å²) in [6.07, 6.45) is 0. The molecule has 2 aromatic carbocycles. The van der Waals surface area contributed by atoms with E-state index in [-0.39, 0.29) is 0 Å².